The molecular formula is C20H22F3N5S2. The summed E-state index contributed by atoms with van der Waals surface area (Å²) in [5.74, 6) is 1.06. The van der Waals surface area contributed by atoms with Gasteiger partial charge in [-0.15, -0.1) is 21.5 Å². The summed E-state index contributed by atoms with van der Waals surface area (Å²) in [6, 6.07) is 5.63. The van der Waals surface area contributed by atoms with Gasteiger partial charge in [-0.25, -0.2) is 4.98 Å². The van der Waals surface area contributed by atoms with Gasteiger partial charge in [-0.3, -0.25) is 9.47 Å². The molecule has 0 N–H and O–H groups in total. The quantitative estimate of drug-likeness (QED) is 0.472. The van der Waals surface area contributed by atoms with E-state index in [1.807, 2.05) is 12.3 Å². The fourth-order valence-electron chi connectivity index (χ4n) is 3.58. The predicted octanol–water partition coefficient (Wildman–Crippen LogP) is 5.33. The van der Waals surface area contributed by atoms with Gasteiger partial charge in [0, 0.05) is 11.1 Å². The number of alkyl halides is 3. The van der Waals surface area contributed by atoms with Crippen molar-refractivity contribution in [2.24, 2.45) is 0 Å². The first kappa shape index (κ1) is 21.3. The highest BCUT2D eigenvalue weighted by Gasteiger charge is 2.35. The Balaban J connectivity index is 1.70. The van der Waals surface area contributed by atoms with Crippen molar-refractivity contribution in [1.82, 2.24) is 24.6 Å². The van der Waals surface area contributed by atoms with Crippen LogP contribution in [0.25, 0.3) is 5.69 Å². The molecule has 0 unspecified atom stereocenters. The number of para-hydroxylation sites is 1. The van der Waals surface area contributed by atoms with Crippen molar-refractivity contribution < 1.29 is 13.2 Å². The van der Waals surface area contributed by atoms with Crippen LogP contribution in [0.1, 0.15) is 41.4 Å². The molecule has 0 aliphatic carbocycles. The number of nitrogens with zero attached hydrogens (tertiary/aromatic N) is 5. The highest BCUT2D eigenvalue weighted by Crippen LogP contribution is 2.36. The number of benzene rings is 1. The molecule has 0 atom stereocenters. The van der Waals surface area contributed by atoms with E-state index < -0.39 is 11.7 Å². The summed E-state index contributed by atoms with van der Waals surface area (Å²) in [5, 5.41) is 11.9. The third-order valence-corrected chi connectivity index (χ3v) is 6.77. The summed E-state index contributed by atoms with van der Waals surface area (Å²) < 4.78 is 42.8. The van der Waals surface area contributed by atoms with Gasteiger partial charge in [-0.2, -0.15) is 13.2 Å². The number of aryl methyl sites for hydroxylation is 1. The van der Waals surface area contributed by atoms with Crippen LogP contribution in [0.15, 0.2) is 34.8 Å². The molecule has 1 saturated heterocycles. The van der Waals surface area contributed by atoms with E-state index in [1.165, 1.54) is 30.3 Å². The fourth-order valence-corrected chi connectivity index (χ4v) is 5.15. The molecule has 0 bridgehead atoms. The lowest BCUT2D eigenvalue weighted by atomic mass is 10.1. The minimum Gasteiger partial charge on any atom is -0.296 e. The maximum atomic E-state index is 13.7. The molecule has 3 aromatic rings. The molecular weight excluding hydrogens is 431 g/mol. The van der Waals surface area contributed by atoms with Crippen LogP contribution in [0.4, 0.5) is 13.2 Å². The van der Waals surface area contributed by atoms with Gasteiger partial charge in [0.1, 0.15) is 0 Å². The zero-order valence-electron chi connectivity index (χ0n) is 16.5. The van der Waals surface area contributed by atoms with Crippen molar-refractivity contribution in [3.63, 3.8) is 0 Å². The molecule has 0 amide bonds. The van der Waals surface area contributed by atoms with Crippen LogP contribution in [0.3, 0.4) is 0 Å². The van der Waals surface area contributed by atoms with Crippen molar-refractivity contribution in [3.8, 4) is 5.69 Å². The van der Waals surface area contributed by atoms with E-state index in [9.17, 15) is 13.2 Å². The van der Waals surface area contributed by atoms with Crippen LogP contribution in [0, 0.1) is 6.92 Å². The Bertz CT molecular complexity index is 992. The Kier molecular flexibility index (Phi) is 6.45. The molecule has 0 radical (unpaired) electrons. The first-order valence-corrected chi connectivity index (χ1v) is 11.7. The number of hydrogen-bond acceptors (Lipinski definition) is 6. The second-order valence-corrected chi connectivity index (χ2v) is 9.24. The van der Waals surface area contributed by atoms with Crippen LogP contribution in [0.5, 0.6) is 0 Å². The number of halogens is 3. The molecule has 160 valence electrons. The smallest absolute Gasteiger partial charge is 0.296 e. The minimum absolute atomic E-state index is 0.0685. The third-order valence-electron chi connectivity index (χ3n) is 4.98. The number of thioether (sulfide) groups is 1. The van der Waals surface area contributed by atoms with E-state index in [2.05, 4.69) is 20.1 Å². The highest BCUT2D eigenvalue weighted by molar-refractivity contribution is 7.98. The van der Waals surface area contributed by atoms with Gasteiger partial charge in [0.15, 0.2) is 11.0 Å². The Hall–Kier alpha value is -1.91. The van der Waals surface area contributed by atoms with Gasteiger partial charge >= 0.3 is 6.18 Å². The number of likely N-dealkylation sites (tertiary alicyclic amines) is 1. The Morgan fingerprint density at radius 3 is 2.57 bits per heavy atom. The zero-order valence-corrected chi connectivity index (χ0v) is 18.2. The normalized spacial score (nSPS) is 15.6. The average molecular weight is 454 g/mol. The lowest BCUT2D eigenvalue weighted by Gasteiger charge is -2.26. The molecule has 3 heterocycles. The van der Waals surface area contributed by atoms with Gasteiger partial charge in [-0.05, 0) is 45.0 Å². The fraction of sp³-hybridized carbons (Fsp3) is 0.450. The van der Waals surface area contributed by atoms with Crippen molar-refractivity contribution in [1.29, 1.82) is 0 Å². The molecule has 4 rings (SSSR count). The molecule has 30 heavy (non-hydrogen) atoms. The Morgan fingerprint density at radius 1 is 1.10 bits per heavy atom. The maximum absolute atomic E-state index is 13.7. The summed E-state index contributed by atoms with van der Waals surface area (Å²) >= 11 is 2.91. The zero-order chi connectivity index (χ0) is 21.1. The maximum Gasteiger partial charge on any atom is 0.418 e. The van der Waals surface area contributed by atoms with Crippen molar-refractivity contribution in [2.45, 2.75) is 49.8 Å². The first-order valence-electron chi connectivity index (χ1n) is 9.79. The van der Waals surface area contributed by atoms with Crippen LogP contribution >= 0.6 is 23.1 Å². The van der Waals surface area contributed by atoms with E-state index in [0.717, 1.165) is 42.7 Å². The number of aromatic nitrogens is 4. The number of hydrogen-bond donors (Lipinski definition) is 0. The standard InChI is InChI=1S/C20H22F3N5S2/c1-14-24-15(12-29-14)13-30-19-26-25-18(11-27-9-5-2-6-10-27)28(19)17-8-4-3-7-16(17)20(21,22)23/h3-4,7-8,12H,2,5-6,9-11,13H2,1H3. The summed E-state index contributed by atoms with van der Waals surface area (Å²) in [5.41, 5.74) is 0.272. The molecule has 1 fully saturated rings. The summed E-state index contributed by atoms with van der Waals surface area (Å²) in [7, 11) is 0. The largest absolute Gasteiger partial charge is 0.418 e. The topological polar surface area (TPSA) is 46.8 Å². The van der Waals surface area contributed by atoms with Crippen molar-refractivity contribution in [3.05, 3.63) is 51.7 Å². The van der Waals surface area contributed by atoms with E-state index in [0.29, 0.717) is 23.3 Å². The summed E-state index contributed by atoms with van der Waals surface area (Å²) in [4.78, 5) is 6.67. The van der Waals surface area contributed by atoms with Crippen LogP contribution in [0.2, 0.25) is 0 Å². The van der Waals surface area contributed by atoms with Gasteiger partial charge in [0.05, 0.1) is 28.5 Å². The van der Waals surface area contributed by atoms with Crippen LogP contribution < -0.4 is 0 Å². The Morgan fingerprint density at radius 2 is 1.87 bits per heavy atom. The lowest BCUT2D eigenvalue weighted by Crippen LogP contribution is -2.30. The number of thiazole rings is 1. The molecule has 10 heteroatoms. The molecule has 5 nitrogen and oxygen atoms in total. The number of rotatable bonds is 6. The van der Waals surface area contributed by atoms with Gasteiger partial charge in [0.25, 0.3) is 0 Å². The molecule has 2 aromatic heterocycles. The minimum atomic E-state index is -4.46. The van der Waals surface area contributed by atoms with Gasteiger partial charge in [-0.1, -0.05) is 30.3 Å². The summed E-state index contributed by atoms with van der Waals surface area (Å²) in [6.45, 7) is 4.26. The van der Waals surface area contributed by atoms with Gasteiger partial charge < -0.3 is 0 Å². The molecule has 1 aliphatic rings. The van der Waals surface area contributed by atoms with Crippen molar-refractivity contribution in [2.75, 3.05) is 13.1 Å². The van der Waals surface area contributed by atoms with E-state index in [1.54, 1.807) is 22.0 Å². The molecule has 1 aromatic carbocycles. The summed E-state index contributed by atoms with van der Waals surface area (Å²) in [6.07, 6.45) is -1.08. The number of piperidine rings is 1. The lowest BCUT2D eigenvalue weighted by molar-refractivity contribution is -0.137. The first-order chi connectivity index (χ1) is 14.4. The molecule has 0 saturated carbocycles. The highest BCUT2D eigenvalue weighted by atomic mass is 32.2. The second kappa shape index (κ2) is 9.07. The predicted molar refractivity (Wildman–Crippen MR) is 112 cm³/mol. The monoisotopic (exact) mass is 453 g/mol. The van der Waals surface area contributed by atoms with Gasteiger partial charge in [0.2, 0.25) is 0 Å². The van der Waals surface area contributed by atoms with Crippen LogP contribution in [-0.2, 0) is 18.5 Å². The van der Waals surface area contributed by atoms with E-state index in [4.69, 9.17) is 0 Å². The van der Waals surface area contributed by atoms with E-state index >= 15 is 0 Å². The van der Waals surface area contributed by atoms with E-state index in [-0.39, 0.29) is 5.69 Å². The third kappa shape index (κ3) is 4.87. The molecule has 1 aliphatic heterocycles. The van der Waals surface area contributed by atoms with Crippen LogP contribution in [-0.4, -0.2) is 37.7 Å². The second-order valence-electron chi connectivity index (χ2n) is 7.23. The molecule has 0 spiro atoms. The SMILES string of the molecule is Cc1nc(CSc2nnc(CN3CCCCC3)n2-c2ccccc2C(F)(F)F)cs1. The Labute approximate surface area is 181 Å². The van der Waals surface area contributed by atoms with Crippen molar-refractivity contribution >= 4 is 23.1 Å². The average Bonchev–Trinajstić information content (AvgIpc) is 3.32.